The molecule has 25 heavy (non-hydrogen) atoms. The van der Waals surface area contributed by atoms with Crippen molar-refractivity contribution in [2.45, 2.75) is 11.8 Å². The van der Waals surface area contributed by atoms with E-state index in [1.807, 2.05) is 48.7 Å². The van der Waals surface area contributed by atoms with E-state index in [1.165, 1.54) is 17.5 Å². The van der Waals surface area contributed by atoms with E-state index in [0.29, 0.717) is 0 Å². The summed E-state index contributed by atoms with van der Waals surface area (Å²) in [4.78, 5) is 25.4. The van der Waals surface area contributed by atoms with E-state index in [1.54, 1.807) is 0 Å². The van der Waals surface area contributed by atoms with E-state index in [2.05, 4.69) is 26.6 Å². The molecule has 2 amide bonds. The number of fused-ring (bicyclic) bond motifs is 1. The number of hydrogen-bond acceptors (Lipinski definition) is 3. The van der Waals surface area contributed by atoms with Gasteiger partial charge in [-0.2, -0.15) is 0 Å². The summed E-state index contributed by atoms with van der Waals surface area (Å²) in [6.07, 6.45) is 2.03. The number of likely N-dealkylation sites (N-methyl/N-ethyl adjacent to an activating group) is 1. The molecule has 0 N–H and O–H groups in total. The second kappa shape index (κ2) is 6.35. The Morgan fingerprint density at radius 3 is 2.60 bits per heavy atom. The topological polar surface area (TPSA) is 42.3 Å². The molecule has 1 saturated heterocycles. The first kappa shape index (κ1) is 16.4. The highest BCUT2D eigenvalue weighted by molar-refractivity contribution is 9.10. The molecule has 0 radical (unpaired) electrons. The number of carbonyl (C=O) groups is 2. The molecule has 3 aromatic rings. The Labute approximate surface area is 157 Å². The van der Waals surface area contributed by atoms with Crippen LogP contribution in [0.1, 0.15) is 16.4 Å². The molecule has 1 atom stereocenters. The van der Waals surface area contributed by atoms with Crippen LogP contribution in [0.15, 0.2) is 59.2 Å². The van der Waals surface area contributed by atoms with Crippen molar-refractivity contribution in [2.75, 3.05) is 7.05 Å². The zero-order valence-electron chi connectivity index (χ0n) is 13.5. The lowest BCUT2D eigenvalue weighted by atomic mass is 10.1. The molecule has 1 aliphatic rings. The third-order valence-corrected chi connectivity index (χ3v) is 6.42. The van der Waals surface area contributed by atoms with Crippen molar-refractivity contribution in [1.82, 2.24) is 9.47 Å². The van der Waals surface area contributed by atoms with Crippen LogP contribution in [0.2, 0.25) is 0 Å². The predicted molar refractivity (Wildman–Crippen MR) is 104 cm³/mol. The number of hydrogen-bond donors (Lipinski definition) is 0. The first-order chi connectivity index (χ1) is 12.1. The summed E-state index contributed by atoms with van der Waals surface area (Å²) in [5, 5.41) is 0.365. The fourth-order valence-electron chi connectivity index (χ4n) is 3.12. The van der Waals surface area contributed by atoms with Gasteiger partial charge in [-0.05, 0) is 41.1 Å². The summed E-state index contributed by atoms with van der Waals surface area (Å²) in [5.41, 5.74) is 3.14. The highest BCUT2D eigenvalue weighted by atomic mass is 79.9. The summed E-state index contributed by atoms with van der Waals surface area (Å²) in [5.74, 6) is -0.152. The van der Waals surface area contributed by atoms with Crippen LogP contribution in [0, 0.1) is 0 Å². The van der Waals surface area contributed by atoms with Crippen LogP contribution < -0.4 is 0 Å². The smallest absolute Gasteiger partial charge is 0.289 e. The molecular weight excluding hydrogens is 400 g/mol. The molecule has 1 fully saturated rings. The maximum absolute atomic E-state index is 12.4. The number of thioether (sulfide) groups is 1. The lowest BCUT2D eigenvalue weighted by Crippen LogP contribution is -2.24. The maximum Gasteiger partial charge on any atom is 0.289 e. The van der Waals surface area contributed by atoms with Crippen molar-refractivity contribution in [2.24, 2.45) is 0 Å². The molecular formula is C19H15BrN2O2S. The van der Waals surface area contributed by atoms with Gasteiger partial charge in [0.2, 0.25) is 5.91 Å². The van der Waals surface area contributed by atoms with E-state index < -0.39 is 5.25 Å². The van der Waals surface area contributed by atoms with Crippen LogP contribution in [0.5, 0.6) is 0 Å². The zero-order chi connectivity index (χ0) is 17.6. The van der Waals surface area contributed by atoms with Gasteiger partial charge in [0.15, 0.2) is 0 Å². The minimum atomic E-state index is -0.458. The molecule has 0 spiro atoms. The van der Waals surface area contributed by atoms with Crippen molar-refractivity contribution < 1.29 is 9.59 Å². The molecule has 2 aromatic carbocycles. The van der Waals surface area contributed by atoms with Crippen molar-refractivity contribution in [1.29, 1.82) is 0 Å². The van der Waals surface area contributed by atoms with Gasteiger partial charge in [-0.3, -0.25) is 14.5 Å². The molecule has 0 aliphatic carbocycles. The standard InChI is InChI=1S/C19H15BrN2O2S/c1-21-18(23)17(25-19(21)24)14-6-4-8-16-13(14)9-10-22(16)11-12-5-2-3-7-15(12)20/h2-10,17H,11H2,1H3. The second-order valence-electron chi connectivity index (χ2n) is 5.98. The van der Waals surface area contributed by atoms with Crippen LogP contribution in [-0.2, 0) is 11.3 Å². The van der Waals surface area contributed by atoms with E-state index in [0.717, 1.165) is 39.2 Å². The molecule has 0 saturated carbocycles. The zero-order valence-corrected chi connectivity index (χ0v) is 15.9. The third kappa shape index (κ3) is 2.79. The number of nitrogens with zero attached hydrogens (tertiary/aromatic N) is 2. The lowest BCUT2D eigenvalue weighted by Gasteiger charge is -2.11. The summed E-state index contributed by atoms with van der Waals surface area (Å²) < 4.78 is 3.23. The van der Waals surface area contributed by atoms with Gasteiger partial charge in [-0.25, -0.2) is 0 Å². The third-order valence-electron chi connectivity index (χ3n) is 4.48. The largest absolute Gasteiger partial charge is 0.343 e. The van der Waals surface area contributed by atoms with E-state index in [9.17, 15) is 9.59 Å². The molecule has 6 heteroatoms. The first-order valence-corrected chi connectivity index (χ1v) is 9.53. The number of halogens is 1. The summed E-state index contributed by atoms with van der Waals surface area (Å²) in [6.45, 7) is 0.735. The van der Waals surface area contributed by atoms with Gasteiger partial charge in [-0.15, -0.1) is 0 Å². The van der Waals surface area contributed by atoms with Crippen LogP contribution in [0.4, 0.5) is 4.79 Å². The highest BCUT2D eigenvalue weighted by Crippen LogP contribution is 2.41. The van der Waals surface area contributed by atoms with Crippen molar-refractivity contribution in [3.8, 4) is 0 Å². The molecule has 4 nitrogen and oxygen atoms in total. The van der Waals surface area contributed by atoms with Crippen LogP contribution >= 0.6 is 27.7 Å². The highest BCUT2D eigenvalue weighted by Gasteiger charge is 2.38. The Hall–Kier alpha value is -2.05. The molecule has 0 bridgehead atoms. The van der Waals surface area contributed by atoms with E-state index in [-0.39, 0.29) is 11.1 Å². The monoisotopic (exact) mass is 414 g/mol. The predicted octanol–water partition coefficient (Wildman–Crippen LogP) is 4.82. The van der Waals surface area contributed by atoms with Crippen LogP contribution in [-0.4, -0.2) is 27.7 Å². The number of carbonyl (C=O) groups excluding carboxylic acids is 2. The maximum atomic E-state index is 12.4. The second-order valence-corrected chi connectivity index (χ2v) is 7.89. The fraction of sp³-hybridized carbons (Fsp3) is 0.158. The lowest BCUT2D eigenvalue weighted by molar-refractivity contribution is -0.125. The normalized spacial score (nSPS) is 17.7. The Bertz CT molecular complexity index is 998. The Balaban J connectivity index is 1.75. The van der Waals surface area contributed by atoms with Crippen LogP contribution in [0.25, 0.3) is 10.9 Å². The number of aromatic nitrogens is 1. The SMILES string of the molecule is CN1C(=O)SC(c2cccc3c2ccn3Cc2ccccc2Br)C1=O. The van der Waals surface area contributed by atoms with Gasteiger partial charge in [0.1, 0.15) is 5.25 Å². The Morgan fingerprint density at radius 1 is 1.08 bits per heavy atom. The number of imide groups is 1. The average Bonchev–Trinajstić information content (AvgIpc) is 3.13. The number of benzene rings is 2. The van der Waals surface area contributed by atoms with Gasteiger partial charge in [0, 0.05) is 35.2 Å². The van der Waals surface area contributed by atoms with Crippen molar-refractivity contribution in [3.63, 3.8) is 0 Å². The molecule has 126 valence electrons. The number of rotatable bonds is 3. The van der Waals surface area contributed by atoms with Gasteiger partial charge in [0.05, 0.1) is 0 Å². The average molecular weight is 415 g/mol. The van der Waals surface area contributed by atoms with E-state index >= 15 is 0 Å². The molecule has 4 rings (SSSR count). The van der Waals surface area contributed by atoms with Gasteiger partial charge >= 0.3 is 0 Å². The van der Waals surface area contributed by atoms with Crippen LogP contribution in [0.3, 0.4) is 0 Å². The van der Waals surface area contributed by atoms with Crippen molar-refractivity contribution in [3.05, 3.63) is 70.3 Å². The minimum Gasteiger partial charge on any atom is -0.343 e. The summed E-state index contributed by atoms with van der Waals surface area (Å²) >= 11 is 4.68. The van der Waals surface area contributed by atoms with Gasteiger partial charge in [-0.1, -0.05) is 46.3 Å². The minimum absolute atomic E-state index is 0.152. The Morgan fingerprint density at radius 2 is 1.88 bits per heavy atom. The van der Waals surface area contributed by atoms with E-state index in [4.69, 9.17) is 0 Å². The van der Waals surface area contributed by atoms with Gasteiger partial charge in [0.25, 0.3) is 5.24 Å². The van der Waals surface area contributed by atoms with Crippen molar-refractivity contribution >= 4 is 49.7 Å². The molecule has 1 aromatic heterocycles. The fourth-order valence-corrected chi connectivity index (χ4v) is 4.57. The van der Waals surface area contributed by atoms with Gasteiger partial charge < -0.3 is 4.57 Å². The Kier molecular flexibility index (Phi) is 4.17. The molecule has 2 heterocycles. The quantitative estimate of drug-likeness (QED) is 0.616. The summed E-state index contributed by atoms with van der Waals surface area (Å²) in [6, 6.07) is 16.1. The number of amides is 2. The molecule has 1 unspecified atom stereocenters. The summed E-state index contributed by atoms with van der Waals surface area (Å²) in [7, 11) is 1.54. The first-order valence-electron chi connectivity index (χ1n) is 7.85. The molecule has 1 aliphatic heterocycles.